The molecule has 1 N–H and O–H groups in total. The number of nitrogens with zero attached hydrogens (tertiary/aromatic N) is 2. The van der Waals surface area contributed by atoms with Gasteiger partial charge in [-0.25, -0.2) is 4.79 Å². The molecule has 104 valence electrons. The van der Waals surface area contributed by atoms with Gasteiger partial charge in [0.25, 0.3) is 0 Å². The summed E-state index contributed by atoms with van der Waals surface area (Å²) in [7, 11) is 0. The standard InChI is InChI=1S/C16H19N3O/c1-2-19(13-15-6-4-3-5-7-15)16(20)18-12-14-8-10-17-11-9-14/h3-11H,2,12-13H2,1H3,(H,18,20). The van der Waals surface area contributed by atoms with Gasteiger partial charge in [-0.1, -0.05) is 30.3 Å². The third kappa shape index (κ3) is 4.09. The molecule has 1 aromatic heterocycles. The van der Waals surface area contributed by atoms with Crippen LogP contribution in [0.1, 0.15) is 18.1 Å². The van der Waals surface area contributed by atoms with Gasteiger partial charge in [-0.3, -0.25) is 4.98 Å². The number of amides is 2. The van der Waals surface area contributed by atoms with Crippen LogP contribution in [-0.2, 0) is 13.1 Å². The molecule has 0 bridgehead atoms. The van der Waals surface area contributed by atoms with Crippen LogP contribution in [0.5, 0.6) is 0 Å². The van der Waals surface area contributed by atoms with Crippen molar-refractivity contribution < 1.29 is 4.79 Å². The highest BCUT2D eigenvalue weighted by Crippen LogP contribution is 2.05. The fourth-order valence-electron chi connectivity index (χ4n) is 1.92. The van der Waals surface area contributed by atoms with Crippen LogP contribution in [-0.4, -0.2) is 22.5 Å². The van der Waals surface area contributed by atoms with Gasteiger partial charge in [0.15, 0.2) is 0 Å². The van der Waals surface area contributed by atoms with Crippen molar-refractivity contribution in [3.05, 3.63) is 66.0 Å². The minimum Gasteiger partial charge on any atom is -0.334 e. The summed E-state index contributed by atoms with van der Waals surface area (Å²) in [6.07, 6.45) is 3.45. The zero-order valence-electron chi connectivity index (χ0n) is 11.6. The summed E-state index contributed by atoms with van der Waals surface area (Å²) in [5.41, 5.74) is 2.18. The second-order valence-electron chi connectivity index (χ2n) is 4.51. The Hall–Kier alpha value is -2.36. The summed E-state index contributed by atoms with van der Waals surface area (Å²) in [5, 5.41) is 2.93. The normalized spacial score (nSPS) is 10.1. The highest BCUT2D eigenvalue weighted by Gasteiger charge is 2.11. The Bertz CT molecular complexity index is 528. The number of hydrogen-bond acceptors (Lipinski definition) is 2. The number of nitrogens with one attached hydrogen (secondary N) is 1. The van der Waals surface area contributed by atoms with Crippen molar-refractivity contribution in [2.45, 2.75) is 20.0 Å². The summed E-state index contributed by atoms with van der Waals surface area (Å²) in [6.45, 7) is 3.80. The van der Waals surface area contributed by atoms with E-state index < -0.39 is 0 Å². The van der Waals surface area contributed by atoms with Crippen molar-refractivity contribution in [1.29, 1.82) is 0 Å². The van der Waals surface area contributed by atoms with Gasteiger partial charge in [-0.2, -0.15) is 0 Å². The first-order chi connectivity index (χ1) is 9.79. The molecule has 2 amide bonds. The third-order valence-corrected chi connectivity index (χ3v) is 3.08. The van der Waals surface area contributed by atoms with Gasteiger partial charge < -0.3 is 10.2 Å². The van der Waals surface area contributed by atoms with E-state index >= 15 is 0 Å². The smallest absolute Gasteiger partial charge is 0.317 e. The number of urea groups is 1. The number of aromatic nitrogens is 1. The number of carbonyl (C=O) groups is 1. The fraction of sp³-hybridized carbons (Fsp3) is 0.250. The van der Waals surface area contributed by atoms with Crippen LogP contribution < -0.4 is 5.32 Å². The van der Waals surface area contributed by atoms with Gasteiger partial charge in [0.05, 0.1) is 0 Å². The molecule has 1 heterocycles. The lowest BCUT2D eigenvalue weighted by Crippen LogP contribution is -2.39. The molecule has 4 heteroatoms. The van der Waals surface area contributed by atoms with Gasteiger partial charge in [0.1, 0.15) is 0 Å². The first-order valence-corrected chi connectivity index (χ1v) is 6.75. The Labute approximate surface area is 119 Å². The van der Waals surface area contributed by atoms with Crippen LogP contribution in [0.2, 0.25) is 0 Å². The summed E-state index contributed by atoms with van der Waals surface area (Å²) in [4.78, 5) is 17.9. The average Bonchev–Trinajstić information content (AvgIpc) is 2.52. The molecular weight excluding hydrogens is 250 g/mol. The minimum atomic E-state index is -0.0480. The molecule has 2 aromatic rings. The summed E-state index contributed by atoms with van der Waals surface area (Å²) in [6, 6.07) is 13.7. The third-order valence-electron chi connectivity index (χ3n) is 3.08. The monoisotopic (exact) mass is 269 g/mol. The van der Waals surface area contributed by atoms with E-state index in [-0.39, 0.29) is 6.03 Å². The Morgan fingerprint density at radius 1 is 1.10 bits per heavy atom. The van der Waals surface area contributed by atoms with Gasteiger partial charge >= 0.3 is 6.03 Å². The van der Waals surface area contributed by atoms with E-state index in [0.717, 1.165) is 11.1 Å². The lowest BCUT2D eigenvalue weighted by atomic mass is 10.2. The van der Waals surface area contributed by atoms with Crippen molar-refractivity contribution in [3.8, 4) is 0 Å². The maximum absolute atomic E-state index is 12.2. The van der Waals surface area contributed by atoms with Crippen molar-refractivity contribution in [2.75, 3.05) is 6.54 Å². The number of benzene rings is 1. The minimum absolute atomic E-state index is 0.0480. The van der Waals surface area contributed by atoms with Crippen molar-refractivity contribution in [2.24, 2.45) is 0 Å². The lowest BCUT2D eigenvalue weighted by molar-refractivity contribution is 0.197. The Kier molecular flexibility index (Phi) is 5.12. The van der Waals surface area contributed by atoms with E-state index in [0.29, 0.717) is 19.6 Å². The van der Waals surface area contributed by atoms with Crippen molar-refractivity contribution in [1.82, 2.24) is 15.2 Å². The zero-order chi connectivity index (χ0) is 14.2. The molecule has 0 aliphatic rings. The van der Waals surface area contributed by atoms with Crippen molar-refractivity contribution in [3.63, 3.8) is 0 Å². The number of carbonyl (C=O) groups excluding carboxylic acids is 1. The van der Waals surface area contributed by atoms with Crippen LogP contribution in [0, 0.1) is 0 Å². The van der Waals surface area contributed by atoms with Crippen molar-refractivity contribution >= 4 is 6.03 Å². The predicted molar refractivity (Wildman–Crippen MR) is 79.0 cm³/mol. The molecule has 0 atom stereocenters. The topological polar surface area (TPSA) is 45.2 Å². The van der Waals surface area contributed by atoms with Gasteiger partial charge in [0, 0.05) is 32.0 Å². The number of hydrogen-bond donors (Lipinski definition) is 1. The molecule has 0 aliphatic heterocycles. The van der Waals surface area contributed by atoms with Crippen LogP contribution >= 0.6 is 0 Å². The van der Waals surface area contributed by atoms with E-state index in [1.54, 1.807) is 17.3 Å². The average molecular weight is 269 g/mol. The molecule has 0 saturated carbocycles. The van der Waals surface area contributed by atoms with E-state index in [2.05, 4.69) is 10.3 Å². The number of rotatable bonds is 5. The second kappa shape index (κ2) is 7.28. The lowest BCUT2D eigenvalue weighted by Gasteiger charge is -2.21. The maximum atomic E-state index is 12.2. The van der Waals surface area contributed by atoms with Crippen LogP contribution in [0.4, 0.5) is 4.79 Å². The second-order valence-corrected chi connectivity index (χ2v) is 4.51. The number of pyridine rings is 1. The Morgan fingerprint density at radius 2 is 1.80 bits per heavy atom. The summed E-state index contributed by atoms with van der Waals surface area (Å²) < 4.78 is 0. The van der Waals surface area contributed by atoms with Gasteiger partial charge in [-0.05, 0) is 30.2 Å². The Morgan fingerprint density at radius 3 is 2.45 bits per heavy atom. The van der Waals surface area contributed by atoms with Crippen LogP contribution in [0.25, 0.3) is 0 Å². The SMILES string of the molecule is CCN(Cc1ccccc1)C(=O)NCc1ccncc1. The van der Waals surface area contributed by atoms with E-state index in [4.69, 9.17) is 0 Å². The quantitative estimate of drug-likeness (QED) is 0.907. The molecule has 0 saturated heterocycles. The van der Waals surface area contributed by atoms with E-state index in [1.165, 1.54) is 0 Å². The first kappa shape index (κ1) is 14.1. The zero-order valence-corrected chi connectivity index (χ0v) is 11.6. The molecule has 0 aliphatic carbocycles. The highest BCUT2D eigenvalue weighted by molar-refractivity contribution is 5.74. The molecule has 1 aromatic carbocycles. The molecule has 4 nitrogen and oxygen atoms in total. The predicted octanol–water partition coefficient (Wildman–Crippen LogP) is 2.81. The van der Waals surface area contributed by atoms with Gasteiger partial charge in [0.2, 0.25) is 0 Å². The molecule has 0 fully saturated rings. The van der Waals surface area contributed by atoms with Gasteiger partial charge in [-0.15, -0.1) is 0 Å². The molecule has 0 unspecified atom stereocenters. The van der Waals surface area contributed by atoms with Crippen LogP contribution in [0.3, 0.4) is 0 Å². The van der Waals surface area contributed by atoms with E-state index in [1.807, 2.05) is 49.4 Å². The molecular formula is C16H19N3O. The first-order valence-electron chi connectivity index (χ1n) is 6.75. The largest absolute Gasteiger partial charge is 0.334 e. The summed E-state index contributed by atoms with van der Waals surface area (Å²) in [5.74, 6) is 0. The molecule has 2 rings (SSSR count). The molecule has 20 heavy (non-hydrogen) atoms. The summed E-state index contributed by atoms with van der Waals surface area (Å²) >= 11 is 0. The maximum Gasteiger partial charge on any atom is 0.317 e. The van der Waals surface area contributed by atoms with Crippen LogP contribution in [0.15, 0.2) is 54.9 Å². The van der Waals surface area contributed by atoms with E-state index in [9.17, 15) is 4.79 Å². The molecule has 0 spiro atoms. The highest BCUT2D eigenvalue weighted by atomic mass is 16.2. The fourth-order valence-corrected chi connectivity index (χ4v) is 1.92. The Balaban J connectivity index is 1.89. The molecule has 0 radical (unpaired) electrons.